The van der Waals surface area contributed by atoms with Crippen molar-refractivity contribution in [2.75, 3.05) is 12.8 Å². The van der Waals surface area contributed by atoms with Gasteiger partial charge in [0, 0.05) is 9.92 Å². The molecule has 2 aromatic rings. The summed E-state index contributed by atoms with van der Waals surface area (Å²) in [7, 11) is 1.32. The van der Waals surface area contributed by atoms with E-state index in [9.17, 15) is 4.79 Å². The molecule has 19 heavy (non-hydrogen) atoms. The van der Waals surface area contributed by atoms with Gasteiger partial charge in [0.05, 0.1) is 24.6 Å². The summed E-state index contributed by atoms with van der Waals surface area (Å²) in [5.74, 6) is -0.462. The molecule has 4 nitrogen and oxygen atoms in total. The van der Waals surface area contributed by atoms with Crippen molar-refractivity contribution in [3.8, 4) is 0 Å². The van der Waals surface area contributed by atoms with Gasteiger partial charge in [-0.1, -0.05) is 23.4 Å². The SMILES string of the molecule is COC(=O)c1cc(N)cnc1Sc1ccc(Cl)cc1. The van der Waals surface area contributed by atoms with Crippen LogP contribution >= 0.6 is 23.4 Å². The Kier molecular flexibility index (Phi) is 4.29. The van der Waals surface area contributed by atoms with Crippen molar-refractivity contribution >= 4 is 35.0 Å². The predicted molar refractivity (Wildman–Crippen MR) is 75.6 cm³/mol. The molecule has 1 aromatic heterocycles. The summed E-state index contributed by atoms with van der Waals surface area (Å²) in [6, 6.07) is 8.81. The number of hydrogen-bond donors (Lipinski definition) is 1. The monoisotopic (exact) mass is 294 g/mol. The molecule has 0 amide bonds. The molecule has 98 valence electrons. The molecule has 6 heteroatoms. The van der Waals surface area contributed by atoms with E-state index in [1.54, 1.807) is 18.2 Å². The molecule has 1 aromatic carbocycles. The summed E-state index contributed by atoms with van der Waals surface area (Å²) in [5.41, 5.74) is 6.40. The number of benzene rings is 1. The summed E-state index contributed by atoms with van der Waals surface area (Å²) in [6.45, 7) is 0. The van der Waals surface area contributed by atoms with E-state index < -0.39 is 5.97 Å². The Hall–Kier alpha value is -1.72. The average molecular weight is 295 g/mol. The van der Waals surface area contributed by atoms with E-state index in [1.165, 1.54) is 25.1 Å². The Balaban J connectivity index is 2.34. The van der Waals surface area contributed by atoms with Crippen LogP contribution in [0.4, 0.5) is 5.69 Å². The van der Waals surface area contributed by atoms with Crippen molar-refractivity contribution in [1.82, 2.24) is 4.98 Å². The molecule has 0 aliphatic heterocycles. The number of anilines is 1. The van der Waals surface area contributed by atoms with Gasteiger partial charge in [-0.25, -0.2) is 9.78 Å². The van der Waals surface area contributed by atoms with E-state index >= 15 is 0 Å². The Morgan fingerprint density at radius 1 is 1.37 bits per heavy atom. The van der Waals surface area contributed by atoms with Gasteiger partial charge in [-0.3, -0.25) is 0 Å². The minimum Gasteiger partial charge on any atom is -0.465 e. The summed E-state index contributed by atoms with van der Waals surface area (Å²) >= 11 is 7.17. The van der Waals surface area contributed by atoms with Crippen LogP contribution in [0.15, 0.2) is 46.5 Å². The molecule has 0 bridgehead atoms. The van der Waals surface area contributed by atoms with Crippen molar-refractivity contribution in [2.45, 2.75) is 9.92 Å². The average Bonchev–Trinajstić information content (AvgIpc) is 2.42. The summed E-state index contributed by atoms with van der Waals surface area (Å²) in [6.07, 6.45) is 1.50. The Labute approximate surface area is 119 Å². The lowest BCUT2D eigenvalue weighted by atomic mass is 10.3. The van der Waals surface area contributed by atoms with Crippen molar-refractivity contribution in [2.24, 2.45) is 0 Å². The van der Waals surface area contributed by atoms with Gasteiger partial charge in [0.2, 0.25) is 0 Å². The first kappa shape index (κ1) is 13.7. The maximum atomic E-state index is 11.7. The van der Waals surface area contributed by atoms with Crippen LogP contribution in [0.3, 0.4) is 0 Å². The number of nitrogen functional groups attached to an aromatic ring is 1. The quantitative estimate of drug-likeness (QED) is 0.880. The van der Waals surface area contributed by atoms with Gasteiger partial charge in [0.25, 0.3) is 0 Å². The van der Waals surface area contributed by atoms with Crippen LogP contribution in [0.2, 0.25) is 5.02 Å². The fourth-order valence-corrected chi connectivity index (χ4v) is 2.40. The highest BCUT2D eigenvalue weighted by Gasteiger charge is 2.14. The van der Waals surface area contributed by atoms with Crippen LogP contribution < -0.4 is 5.73 Å². The number of esters is 1. The van der Waals surface area contributed by atoms with Crippen molar-refractivity contribution < 1.29 is 9.53 Å². The number of pyridine rings is 1. The maximum absolute atomic E-state index is 11.7. The third-order valence-electron chi connectivity index (χ3n) is 2.31. The molecule has 0 aliphatic carbocycles. The second-order valence-electron chi connectivity index (χ2n) is 3.67. The standard InChI is InChI=1S/C13H11ClN2O2S/c1-18-13(17)11-6-9(15)7-16-12(11)19-10-4-2-8(14)3-5-10/h2-7H,15H2,1H3. The van der Waals surface area contributed by atoms with E-state index in [0.717, 1.165) is 4.90 Å². The number of nitrogens with zero attached hydrogens (tertiary/aromatic N) is 1. The minimum absolute atomic E-state index is 0.349. The number of ether oxygens (including phenoxy) is 1. The third-order valence-corrected chi connectivity index (χ3v) is 3.58. The van der Waals surface area contributed by atoms with Gasteiger partial charge in [-0.15, -0.1) is 0 Å². The molecular formula is C13H11ClN2O2S. The summed E-state index contributed by atoms with van der Waals surface area (Å²) in [4.78, 5) is 16.8. The van der Waals surface area contributed by atoms with Crippen molar-refractivity contribution in [3.63, 3.8) is 0 Å². The molecule has 0 radical (unpaired) electrons. The molecule has 0 saturated carbocycles. The predicted octanol–water partition coefficient (Wildman–Crippen LogP) is 3.26. The highest BCUT2D eigenvalue weighted by molar-refractivity contribution is 7.99. The fraction of sp³-hybridized carbons (Fsp3) is 0.0769. The zero-order valence-electron chi connectivity index (χ0n) is 10.1. The fourth-order valence-electron chi connectivity index (χ4n) is 1.42. The third kappa shape index (κ3) is 3.39. The van der Waals surface area contributed by atoms with Crippen LogP contribution in [0.1, 0.15) is 10.4 Å². The number of aromatic nitrogens is 1. The number of carbonyl (C=O) groups excluding carboxylic acids is 1. The second kappa shape index (κ2) is 5.95. The Morgan fingerprint density at radius 2 is 2.05 bits per heavy atom. The van der Waals surface area contributed by atoms with E-state index in [2.05, 4.69) is 4.98 Å². The van der Waals surface area contributed by atoms with E-state index in [1.807, 2.05) is 12.1 Å². The van der Waals surface area contributed by atoms with E-state index in [4.69, 9.17) is 22.1 Å². The second-order valence-corrected chi connectivity index (χ2v) is 5.17. The zero-order chi connectivity index (χ0) is 13.8. The Bertz CT molecular complexity index is 602. The van der Waals surface area contributed by atoms with Gasteiger partial charge in [-0.05, 0) is 30.3 Å². The molecule has 0 aliphatic rings. The number of carbonyl (C=O) groups is 1. The highest BCUT2D eigenvalue weighted by Crippen LogP contribution is 2.30. The highest BCUT2D eigenvalue weighted by atomic mass is 35.5. The van der Waals surface area contributed by atoms with Crippen LogP contribution in [0.5, 0.6) is 0 Å². The first-order valence-corrected chi connectivity index (χ1v) is 6.57. The molecule has 1 heterocycles. The number of methoxy groups -OCH3 is 1. The summed E-state index contributed by atoms with van der Waals surface area (Å²) < 4.78 is 4.72. The molecule has 2 N–H and O–H groups in total. The number of hydrogen-bond acceptors (Lipinski definition) is 5. The topological polar surface area (TPSA) is 65.2 Å². The van der Waals surface area contributed by atoms with Crippen LogP contribution in [-0.2, 0) is 4.74 Å². The Morgan fingerprint density at radius 3 is 2.68 bits per heavy atom. The number of rotatable bonds is 3. The van der Waals surface area contributed by atoms with E-state index in [0.29, 0.717) is 21.3 Å². The largest absolute Gasteiger partial charge is 0.465 e. The van der Waals surface area contributed by atoms with Gasteiger partial charge in [0.1, 0.15) is 5.03 Å². The van der Waals surface area contributed by atoms with Crippen molar-refractivity contribution in [3.05, 3.63) is 47.1 Å². The number of halogens is 1. The zero-order valence-corrected chi connectivity index (χ0v) is 11.7. The summed E-state index contributed by atoms with van der Waals surface area (Å²) in [5, 5.41) is 1.20. The molecule has 0 fully saturated rings. The van der Waals surface area contributed by atoms with Crippen LogP contribution in [-0.4, -0.2) is 18.1 Å². The molecule has 0 saturated heterocycles. The number of nitrogens with two attached hydrogens (primary N) is 1. The lowest BCUT2D eigenvalue weighted by Gasteiger charge is -2.07. The lowest BCUT2D eigenvalue weighted by molar-refractivity contribution is 0.0596. The minimum atomic E-state index is -0.462. The van der Waals surface area contributed by atoms with Gasteiger partial charge >= 0.3 is 5.97 Å². The molecule has 2 rings (SSSR count). The molecular weight excluding hydrogens is 284 g/mol. The van der Waals surface area contributed by atoms with Gasteiger partial charge in [-0.2, -0.15) is 0 Å². The molecule has 0 atom stereocenters. The normalized spacial score (nSPS) is 10.2. The first-order chi connectivity index (χ1) is 9.10. The van der Waals surface area contributed by atoms with Crippen molar-refractivity contribution in [1.29, 1.82) is 0 Å². The molecule has 0 unspecified atom stereocenters. The smallest absolute Gasteiger partial charge is 0.340 e. The van der Waals surface area contributed by atoms with Crippen LogP contribution in [0.25, 0.3) is 0 Å². The first-order valence-electron chi connectivity index (χ1n) is 5.37. The van der Waals surface area contributed by atoms with Crippen LogP contribution in [0, 0.1) is 0 Å². The maximum Gasteiger partial charge on any atom is 0.340 e. The van der Waals surface area contributed by atoms with Gasteiger partial charge < -0.3 is 10.5 Å². The lowest BCUT2D eigenvalue weighted by Crippen LogP contribution is -2.05. The van der Waals surface area contributed by atoms with E-state index in [-0.39, 0.29) is 0 Å². The van der Waals surface area contributed by atoms with Gasteiger partial charge in [0.15, 0.2) is 0 Å². The molecule has 0 spiro atoms.